The van der Waals surface area contributed by atoms with Crippen LogP contribution in [0, 0.1) is 5.41 Å². The Kier molecular flexibility index (Phi) is 8.39. The number of nitrogens with zero attached hydrogens (tertiary/aromatic N) is 1. The highest BCUT2D eigenvalue weighted by molar-refractivity contribution is 8.00. The lowest BCUT2D eigenvalue weighted by Crippen LogP contribution is -2.52. The zero-order valence-corrected chi connectivity index (χ0v) is 22.2. The molecule has 0 aromatic heterocycles. The van der Waals surface area contributed by atoms with Crippen molar-refractivity contribution in [1.82, 2.24) is 10.2 Å². The summed E-state index contributed by atoms with van der Waals surface area (Å²) in [6.45, 7) is 6.13. The summed E-state index contributed by atoms with van der Waals surface area (Å²) >= 11 is 1.29. The maximum absolute atomic E-state index is 13.6. The molecule has 0 bridgehead atoms. The number of ether oxygens (including phenoxy) is 1. The van der Waals surface area contributed by atoms with Crippen molar-refractivity contribution < 1.29 is 19.1 Å². The van der Waals surface area contributed by atoms with E-state index in [4.69, 9.17) is 4.74 Å². The second-order valence-corrected chi connectivity index (χ2v) is 11.8. The zero-order chi connectivity index (χ0) is 25.7. The second-order valence-electron chi connectivity index (χ2n) is 10.7. The number of piperidine rings is 1. The molecule has 0 spiro atoms. The smallest absolute Gasteiger partial charge is 0.312 e. The fourth-order valence-corrected chi connectivity index (χ4v) is 5.76. The average molecular weight is 509 g/mol. The van der Waals surface area contributed by atoms with Gasteiger partial charge in [-0.15, -0.1) is 11.8 Å². The molecule has 4 rings (SSSR count). The summed E-state index contributed by atoms with van der Waals surface area (Å²) in [5.74, 6) is -0.439. The maximum Gasteiger partial charge on any atom is 0.312 e. The third-order valence-electron chi connectivity index (χ3n) is 6.87. The largest absolute Gasteiger partial charge is 0.454 e. The highest BCUT2D eigenvalue weighted by Gasteiger charge is 2.38. The predicted octanol–water partition coefficient (Wildman–Crippen LogP) is 4.67. The van der Waals surface area contributed by atoms with Crippen molar-refractivity contribution in [3.05, 3.63) is 71.3 Å². The molecule has 7 heteroatoms. The van der Waals surface area contributed by atoms with E-state index in [1.165, 1.54) is 17.3 Å². The van der Waals surface area contributed by atoms with E-state index in [0.29, 0.717) is 12.8 Å². The van der Waals surface area contributed by atoms with Crippen LogP contribution in [-0.4, -0.2) is 46.5 Å². The van der Waals surface area contributed by atoms with E-state index in [2.05, 4.69) is 17.4 Å². The number of thioether (sulfide) groups is 1. The average Bonchev–Trinajstić information content (AvgIpc) is 2.98. The van der Waals surface area contributed by atoms with Crippen LogP contribution in [0.4, 0.5) is 0 Å². The van der Waals surface area contributed by atoms with Gasteiger partial charge in [0.05, 0.1) is 16.7 Å². The highest BCUT2D eigenvalue weighted by atomic mass is 32.2. The molecule has 2 amide bonds. The fourth-order valence-electron chi connectivity index (χ4n) is 4.89. The molecular formula is C29H36N2O4S. The van der Waals surface area contributed by atoms with Gasteiger partial charge < -0.3 is 15.0 Å². The van der Waals surface area contributed by atoms with E-state index in [1.807, 2.05) is 47.4 Å². The Hall–Kier alpha value is -2.80. The van der Waals surface area contributed by atoms with Crippen molar-refractivity contribution in [3.63, 3.8) is 0 Å². The van der Waals surface area contributed by atoms with Gasteiger partial charge in [-0.2, -0.15) is 0 Å². The summed E-state index contributed by atoms with van der Waals surface area (Å²) in [5, 5.41) is 2.58. The third kappa shape index (κ3) is 6.30. The van der Waals surface area contributed by atoms with Gasteiger partial charge in [0.2, 0.25) is 11.8 Å². The summed E-state index contributed by atoms with van der Waals surface area (Å²) in [6, 6.07) is 17.5. The minimum Gasteiger partial charge on any atom is -0.454 e. The number of amides is 2. The first-order chi connectivity index (χ1) is 17.2. The molecule has 2 unspecified atom stereocenters. The summed E-state index contributed by atoms with van der Waals surface area (Å²) in [7, 11) is 0. The number of hydrogen-bond acceptors (Lipinski definition) is 5. The Bertz CT molecular complexity index is 1080. The van der Waals surface area contributed by atoms with Gasteiger partial charge in [0.1, 0.15) is 12.0 Å². The fraction of sp³-hybridized carbons (Fsp3) is 0.483. The van der Waals surface area contributed by atoms with Crippen molar-refractivity contribution in [3.8, 4) is 0 Å². The van der Waals surface area contributed by atoms with Gasteiger partial charge in [-0.3, -0.25) is 14.4 Å². The van der Waals surface area contributed by atoms with Crippen molar-refractivity contribution in [2.24, 2.45) is 5.41 Å². The molecular weight excluding hydrogens is 472 g/mol. The predicted molar refractivity (Wildman–Crippen MR) is 142 cm³/mol. The molecule has 1 N–H and O–H groups in total. The zero-order valence-electron chi connectivity index (χ0n) is 21.4. The minimum absolute atomic E-state index is 0.00753. The van der Waals surface area contributed by atoms with Crippen LogP contribution in [-0.2, 0) is 32.0 Å². The lowest BCUT2D eigenvalue weighted by atomic mass is 9.92. The molecule has 6 nitrogen and oxygen atoms in total. The summed E-state index contributed by atoms with van der Waals surface area (Å²) < 4.78 is 5.44. The van der Waals surface area contributed by atoms with Crippen LogP contribution in [0.3, 0.4) is 0 Å². The lowest BCUT2D eigenvalue weighted by Gasteiger charge is -2.36. The van der Waals surface area contributed by atoms with Crippen LogP contribution < -0.4 is 5.32 Å². The van der Waals surface area contributed by atoms with Crippen LogP contribution in [0.2, 0.25) is 0 Å². The van der Waals surface area contributed by atoms with Gasteiger partial charge in [0.25, 0.3) is 0 Å². The molecule has 1 fully saturated rings. The number of rotatable bonds is 7. The Balaban J connectivity index is 1.51. The van der Waals surface area contributed by atoms with Crippen molar-refractivity contribution >= 4 is 29.5 Å². The molecule has 2 aliphatic rings. The number of carbonyl (C=O) groups excluding carboxylic acids is 3. The molecule has 36 heavy (non-hydrogen) atoms. The van der Waals surface area contributed by atoms with Crippen LogP contribution in [0.15, 0.2) is 54.6 Å². The van der Waals surface area contributed by atoms with E-state index in [-0.39, 0.29) is 29.8 Å². The molecule has 2 aromatic rings. The van der Waals surface area contributed by atoms with Crippen LogP contribution >= 0.6 is 11.8 Å². The Morgan fingerprint density at radius 3 is 2.56 bits per heavy atom. The van der Waals surface area contributed by atoms with Gasteiger partial charge in [0, 0.05) is 13.0 Å². The standard InChI is InChI=1S/C29H36N2O4S/c1-29(2,3)28(34)35-19-36-25(17-20-11-5-4-6-12-20)26(32)30-23-18-21-13-7-8-14-22(21)24-15-9-10-16-31(24)27(23)33/h4-8,11-14,23-25H,9-10,15-19H2,1-3H3,(H,30,32)/t23?,24?,25-/m0/s1. The van der Waals surface area contributed by atoms with E-state index in [0.717, 1.165) is 36.9 Å². The Labute approximate surface area is 218 Å². The second kappa shape index (κ2) is 11.5. The molecule has 3 atom stereocenters. The van der Waals surface area contributed by atoms with Gasteiger partial charge in [-0.25, -0.2) is 0 Å². The normalized spacial score (nSPS) is 20.5. The summed E-state index contributed by atoms with van der Waals surface area (Å²) in [4.78, 5) is 41.4. The molecule has 0 saturated carbocycles. The molecule has 1 saturated heterocycles. The SMILES string of the molecule is CC(C)(C)C(=O)OCS[C@@H](Cc1ccccc1)C(=O)NC1Cc2ccccc2C2CCCCN2C1=O. The van der Waals surface area contributed by atoms with Gasteiger partial charge in [0.15, 0.2) is 0 Å². The molecule has 0 aliphatic carbocycles. The summed E-state index contributed by atoms with van der Waals surface area (Å²) in [5.41, 5.74) is 2.73. The quantitative estimate of drug-likeness (QED) is 0.434. The first-order valence-electron chi connectivity index (χ1n) is 12.8. The molecule has 0 radical (unpaired) electrons. The van der Waals surface area contributed by atoms with Crippen LogP contribution in [0.1, 0.15) is 62.8 Å². The molecule has 192 valence electrons. The molecule has 2 heterocycles. The first-order valence-corrected chi connectivity index (χ1v) is 13.8. The first kappa shape index (κ1) is 26.3. The number of fused-ring (bicyclic) bond motifs is 3. The number of esters is 1. The van der Waals surface area contributed by atoms with Gasteiger partial charge in [-0.1, -0.05) is 54.6 Å². The van der Waals surface area contributed by atoms with Crippen molar-refractivity contribution in [2.75, 3.05) is 12.5 Å². The third-order valence-corrected chi connectivity index (χ3v) is 7.90. The van der Waals surface area contributed by atoms with Crippen LogP contribution in [0.25, 0.3) is 0 Å². The van der Waals surface area contributed by atoms with Crippen molar-refractivity contribution in [1.29, 1.82) is 0 Å². The number of benzene rings is 2. The lowest BCUT2D eigenvalue weighted by molar-refractivity contribution is -0.150. The van der Waals surface area contributed by atoms with Gasteiger partial charge >= 0.3 is 5.97 Å². The van der Waals surface area contributed by atoms with Gasteiger partial charge in [-0.05, 0) is 63.1 Å². The monoisotopic (exact) mass is 508 g/mol. The van der Waals surface area contributed by atoms with Crippen molar-refractivity contribution in [2.45, 2.75) is 70.2 Å². The Morgan fingerprint density at radius 2 is 1.81 bits per heavy atom. The highest BCUT2D eigenvalue weighted by Crippen LogP contribution is 2.36. The Morgan fingerprint density at radius 1 is 1.08 bits per heavy atom. The molecule has 2 aromatic carbocycles. The van der Waals surface area contributed by atoms with E-state index < -0.39 is 16.7 Å². The topological polar surface area (TPSA) is 75.7 Å². The molecule has 2 aliphatic heterocycles. The van der Waals surface area contributed by atoms with E-state index in [9.17, 15) is 14.4 Å². The van der Waals surface area contributed by atoms with Crippen LogP contribution in [0.5, 0.6) is 0 Å². The minimum atomic E-state index is -0.613. The maximum atomic E-state index is 13.6. The number of hydrogen-bond donors (Lipinski definition) is 1. The number of carbonyl (C=O) groups is 3. The van der Waals surface area contributed by atoms with E-state index in [1.54, 1.807) is 20.8 Å². The summed E-state index contributed by atoms with van der Waals surface area (Å²) in [6.07, 6.45) is 4.00. The number of nitrogens with one attached hydrogen (secondary N) is 1. The van der Waals surface area contributed by atoms with E-state index >= 15 is 0 Å².